The molecule has 4 heteroatoms. The first-order valence-corrected chi connectivity index (χ1v) is 6.04. The molecule has 2 aliphatic heterocycles. The number of ether oxygens (including phenoxy) is 1. The topological polar surface area (TPSA) is 24.5 Å². The van der Waals surface area contributed by atoms with Gasteiger partial charge in [0.25, 0.3) is 0 Å². The van der Waals surface area contributed by atoms with Crippen molar-refractivity contribution in [3.63, 3.8) is 0 Å². The molecule has 0 aromatic heterocycles. The summed E-state index contributed by atoms with van der Waals surface area (Å²) in [7, 11) is 2.22. The molecule has 3 nitrogen and oxygen atoms in total. The van der Waals surface area contributed by atoms with Gasteiger partial charge in [0, 0.05) is 18.0 Å². The minimum Gasteiger partial charge on any atom is -0.359 e. The summed E-state index contributed by atoms with van der Waals surface area (Å²) in [6.07, 6.45) is 3.76. The van der Waals surface area contributed by atoms with Crippen molar-refractivity contribution >= 4 is 12.4 Å². The first-order chi connectivity index (χ1) is 6.90. The van der Waals surface area contributed by atoms with Crippen molar-refractivity contribution in [1.29, 1.82) is 0 Å². The molecule has 0 radical (unpaired) electrons. The van der Waals surface area contributed by atoms with Crippen LogP contribution in [0.25, 0.3) is 0 Å². The Hall–Kier alpha value is 0.170. The van der Waals surface area contributed by atoms with Crippen molar-refractivity contribution in [1.82, 2.24) is 10.2 Å². The van der Waals surface area contributed by atoms with E-state index in [9.17, 15) is 0 Å². The molecule has 1 N–H and O–H groups in total. The Morgan fingerprint density at radius 2 is 2.06 bits per heavy atom. The maximum Gasteiger partial charge on any atom is 0.118 e. The van der Waals surface area contributed by atoms with E-state index in [0.29, 0.717) is 6.04 Å². The van der Waals surface area contributed by atoms with Gasteiger partial charge in [0.1, 0.15) is 5.72 Å². The molecule has 0 aromatic rings. The van der Waals surface area contributed by atoms with Gasteiger partial charge in [0.05, 0.1) is 6.61 Å². The monoisotopic (exact) mass is 248 g/mol. The van der Waals surface area contributed by atoms with E-state index >= 15 is 0 Å². The summed E-state index contributed by atoms with van der Waals surface area (Å²) in [5.74, 6) is 0. The molecule has 0 spiro atoms. The third-order valence-corrected chi connectivity index (χ3v) is 3.65. The molecule has 2 fully saturated rings. The van der Waals surface area contributed by atoms with Crippen molar-refractivity contribution in [3.8, 4) is 0 Å². The average Bonchev–Trinajstić information content (AvgIpc) is 2.59. The van der Waals surface area contributed by atoms with Crippen molar-refractivity contribution in [2.75, 3.05) is 20.2 Å². The lowest BCUT2D eigenvalue weighted by atomic mass is 10.0. The Kier molecular flexibility index (Phi) is 4.28. The van der Waals surface area contributed by atoms with Crippen LogP contribution in [0.1, 0.15) is 40.0 Å². The summed E-state index contributed by atoms with van der Waals surface area (Å²) in [6, 6.07) is 0.691. The van der Waals surface area contributed by atoms with Crippen molar-refractivity contribution in [3.05, 3.63) is 0 Å². The van der Waals surface area contributed by atoms with E-state index in [0.717, 1.165) is 13.0 Å². The van der Waals surface area contributed by atoms with Crippen LogP contribution >= 0.6 is 12.4 Å². The number of likely N-dealkylation sites (tertiary alicyclic amines) is 1. The Morgan fingerprint density at radius 3 is 2.50 bits per heavy atom. The number of halogens is 1. The summed E-state index contributed by atoms with van der Waals surface area (Å²) in [4.78, 5) is 2.46. The van der Waals surface area contributed by atoms with Crippen LogP contribution in [0.3, 0.4) is 0 Å². The molecule has 2 aliphatic rings. The lowest BCUT2D eigenvalue weighted by molar-refractivity contribution is -0.0158. The summed E-state index contributed by atoms with van der Waals surface area (Å²) >= 11 is 0. The Morgan fingerprint density at radius 1 is 1.38 bits per heavy atom. The summed E-state index contributed by atoms with van der Waals surface area (Å²) in [5.41, 5.74) is 0.0126. The SMILES string of the molecule is CN1CCCC1CC1(C)NC(C)(C)CO1.Cl. The van der Waals surface area contributed by atoms with Crippen LogP contribution in [0.5, 0.6) is 0 Å². The van der Waals surface area contributed by atoms with Crippen LogP contribution in [0, 0.1) is 0 Å². The highest BCUT2D eigenvalue weighted by Gasteiger charge is 2.42. The zero-order valence-corrected chi connectivity index (χ0v) is 11.7. The predicted molar refractivity (Wildman–Crippen MR) is 69.1 cm³/mol. The Bertz CT molecular complexity index is 247. The minimum atomic E-state index is -0.118. The first-order valence-electron chi connectivity index (χ1n) is 6.04. The molecular weight excluding hydrogens is 224 g/mol. The van der Waals surface area contributed by atoms with Gasteiger partial charge in [-0.25, -0.2) is 0 Å². The third-order valence-electron chi connectivity index (χ3n) is 3.65. The number of rotatable bonds is 2. The third kappa shape index (κ3) is 3.10. The molecule has 2 saturated heterocycles. The molecule has 2 rings (SSSR count). The highest BCUT2D eigenvalue weighted by atomic mass is 35.5. The molecule has 2 atom stereocenters. The van der Waals surface area contributed by atoms with Crippen LogP contribution in [0.15, 0.2) is 0 Å². The molecule has 0 amide bonds. The van der Waals surface area contributed by atoms with Gasteiger partial charge >= 0.3 is 0 Å². The molecule has 0 saturated carbocycles. The van der Waals surface area contributed by atoms with Crippen LogP contribution in [0.2, 0.25) is 0 Å². The Labute approximate surface area is 105 Å². The van der Waals surface area contributed by atoms with Gasteiger partial charge in [-0.2, -0.15) is 0 Å². The van der Waals surface area contributed by atoms with Gasteiger partial charge in [-0.05, 0) is 47.2 Å². The zero-order chi connectivity index (χ0) is 11.1. The molecule has 0 aliphatic carbocycles. The normalized spacial score (nSPS) is 38.6. The van der Waals surface area contributed by atoms with Gasteiger partial charge in [0.2, 0.25) is 0 Å². The van der Waals surface area contributed by atoms with Gasteiger partial charge in [-0.3, -0.25) is 5.32 Å². The number of hydrogen-bond donors (Lipinski definition) is 1. The number of nitrogens with zero attached hydrogens (tertiary/aromatic N) is 1. The minimum absolute atomic E-state index is 0. The van der Waals surface area contributed by atoms with E-state index in [1.54, 1.807) is 0 Å². The summed E-state index contributed by atoms with van der Waals surface area (Å²) in [6.45, 7) is 8.66. The van der Waals surface area contributed by atoms with Gasteiger partial charge in [-0.1, -0.05) is 0 Å². The maximum atomic E-state index is 5.93. The van der Waals surface area contributed by atoms with Crippen LogP contribution in [-0.4, -0.2) is 42.4 Å². The predicted octanol–water partition coefficient (Wildman–Crippen LogP) is 2.01. The number of nitrogens with one attached hydrogen (secondary N) is 1. The quantitative estimate of drug-likeness (QED) is 0.809. The highest BCUT2D eigenvalue weighted by Crippen LogP contribution is 2.30. The second kappa shape index (κ2) is 4.81. The maximum absolute atomic E-state index is 5.93. The second-order valence-corrected chi connectivity index (χ2v) is 6.01. The second-order valence-electron chi connectivity index (χ2n) is 6.01. The Balaban J connectivity index is 0.00000128. The molecule has 16 heavy (non-hydrogen) atoms. The number of hydrogen-bond acceptors (Lipinski definition) is 3. The van der Waals surface area contributed by atoms with Crippen molar-refractivity contribution in [2.45, 2.75) is 57.3 Å². The van der Waals surface area contributed by atoms with E-state index in [1.165, 1.54) is 19.4 Å². The van der Waals surface area contributed by atoms with Crippen LogP contribution in [0.4, 0.5) is 0 Å². The van der Waals surface area contributed by atoms with Crippen molar-refractivity contribution in [2.24, 2.45) is 0 Å². The van der Waals surface area contributed by atoms with Crippen molar-refractivity contribution < 1.29 is 4.74 Å². The molecule has 2 unspecified atom stereocenters. The van der Waals surface area contributed by atoms with Crippen LogP contribution in [-0.2, 0) is 4.74 Å². The molecule has 2 heterocycles. The fraction of sp³-hybridized carbons (Fsp3) is 1.00. The van der Waals surface area contributed by atoms with Gasteiger partial charge < -0.3 is 9.64 Å². The highest BCUT2D eigenvalue weighted by molar-refractivity contribution is 5.85. The first kappa shape index (κ1) is 14.2. The zero-order valence-electron chi connectivity index (χ0n) is 10.9. The lowest BCUT2D eigenvalue weighted by Gasteiger charge is -2.31. The van der Waals surface area contributed by atoms with Gasteiger partial charge in [0.15, 0.2) is 0 Å². The fourth-order valence-corrected chi connectivity index (χ4v) is 2.92. The van der Waals surface area contributed by atoms with E-state index in [2.05, 4.69) is 38.0 Å². The standard InChI is InChI=1S/C12H24N2O.ClH/c1-11(2)9-15-12(3,13-11)8-10-6-5-7-14(10)4;/h10,13H,5-9H2,1-4H3;1H. The van der Waals surface area contributed by atoms with E-state index < -0.39 is 0 Å². The molecule has 0 aromatic carbocycles. The fourth-order valence-electron chi connectivity index (χ4n) is 2.92. The van der Waals surface area contributed by atoms with Gasteiger partial charge in [-0.15, -0.1) is 12.4 Å². The lowest BCUT2D eigenvalue weighted by Crippen LogP contribution is -2.49. The van der Waals surface area contributed by atoms with E-state index in [-0.39, 0.29) is 23.7 Å². The van der Waals surface area contributed by atoms with Crippen LogP contribution < -0.4 is 5.32 Å². The van der Waals surface area contributed by atoms with E-state index in [4.69, 9.17) is 4.74 Å². The molecular formula is C12H25ClN2O. The molecule has 96 valence electrons. The molecule has 0 bridgehead atoms. The smallest absolute Gasteiger partial charge is 0.118 e. The summed E-state index contributed by atoms with van der Waals surface area (Å²) < 4.78 is 5.93. The summed E-state index contributed by atoms with van der Waals surface area (Å²) in [5, 5.41) is 3.61. The largest absolute Gasteiger partial charge is 0.359 e. The average molecular weight is 249 g/mol. The van der Waals surface area contributed by atoms with E-state index in [1.807, 2.05) is 0 Å².